The van der Waals surface area contributed by atoms with Gasteiger partial charge < -0.3 is 11.5 Å². The van der Waals surface area contributed by atoms with Gasteiger partial charge in [0, 0.05) is 40.7 Å². The van der Waals surface area contributed by atoms with E-state index in [1.165, 1.54) is 4.68 Å². The number of fused-ring (bicyclic) bond motifs is 2. The van der Waals surface area contributed by atoms with Crippen LogP contribution >= 0.6 is 0 Å². The fourth-order valence-electron chi connectivity index (χ4n) is 6.52. The molecule has 8 rings (SSSR count). The number of aliphatic imine (C=N–C) groups is 1. The Morgan fingerprint density at radius 2 is 1.76 bits per heavy atom. The highest BCUT2D eigenvalue weighted by atomic mass is 19.4. The second-order valence-corrected chi connectivity index (χ2v) is 13.9. The van der Waals surface area contributed by atoms with Crippen LogP contribution in [0.3, 0.4) is 0 Å². The van der Waals surface area contributed by atoms with Gasteiger partial charge in [-0.3, -0.25) is 15.0 Å². The number of alkyl halides is 3. The number of pyridine rings is 2. The summed E-state index contributed by atoms with van der Waals surface area (Å²) in [6, 6.07) is 23.6. The van der Waals surface area contributed by atoms with Crippen molar-refractivity contribution in [2.75, 3.05) is 11.6 Å². The Balaban J connectivity index is 1.11. The van der Waals surface area contributed by atoms with Crippen molar-refractivity contribution in [3.8, 4) is 17.2 Å². The van der Waals surface area contributed by atoms with Crippen LogP contribution in [-0.4, -0.2) is 52.5 Å². The molecule has 0 bridgehead atoms. The second-order valence-electron chi connectivity index (χ2n) is 13.9. The minimum absolute atomic E-state index is 0.186. The van der Waals surface area contributed by atoms with Crippen LogP contribution in [0.1, 0.15) is 43.4 Å². The number of anilines is 2. The van der Waals surface area contributed by atoms with Crippen molar-refractivity contribution < 1.29 is 13.2 Å². The van der Waals surface area contributed by atoms with Crippen molar-refractivity contribution in [1.29, 1.82) is 0 Å². The van der Waals surface area contributed by atoms with Crippen LogP contribution in [0.5, 0.6) is 0 Å². The average molecular weight is 728 g/mol. The number of rotatable bonds is 7. The van der Waals surface area contributed by atoms with Gasteiger partial charge in [0.05, 0.1) is 58.3 Å². The van der Waals surface area contributed by atoms with Crippen LogP contribution in [0.15, 0.2) is 108 Å². The maximum Gasteiger partial charge on any atom is 0.433 e. The van der Waals surface area contributed by atoms with Crippen LogP contribution in [0.25, 0.3) is 40.0 Å². The van der Waals surface area contributed by atoms with Crippen LogP contribution in [0.2, 0.25) is 0 Å². The van der Waals surface area contributed by atoms with E-state index in [4.69, 9.17) is 26.4 Å². The zero-order valence-corrected chi connectivity index (χ0v) is 29.7. The molecule has 272 valence electrons. The van der Waals surface area contributed by atoms with Crippen molar-refractivity contribution >= 4 is 40.0 Å². The SMILES string of the molecule is Cc1cccc(N2c3cc(=C4CC=CC(C(C)(C)N)=N4)ccc3=CN2CC(N)c2cccc(-c3ccc4cnn(-c5nccc(C(F)(F)F)n5)c4c3)n2)n1. The number of aromatic nitrogens is 6. The quantitative estimate of drug-likeness (QED) is 0.214. The van der Waals surface area contributed by atoms with Gasteiger partial charge in [0.15, 0.2) is 5.82 Å². The van der Waals surface area contributed by atoms with E-state index in [0.29, 0.717) is 35.3 Å². The van der Waals surface area contributed by atoms with Crippen molar-refractivity contribution in [3.63, 3.8) is 0 Å². The molecule has 2 aromatic carbocycles. The van der Waals surface area contributed by atoms with E-state index in [2.05, 4.69) is 55.6 Å². The summed E-state index contributed by atoms with van der Waals surface area (Å²) in [4.78, 5) is 22.5. The highest BCUT2D eigenvalue weighted by Crippen LogP contribution is 2.31. The highest BCUT2D eigenvalue weighted by Gasteiger charge is 2.33. The van der Waals surface area contributed by atoms with Crippen molar-refractivity contribution in [2.45, 2.75) is 44.9 Å². The topological polar surface area (TPSA) is 140 Å². The normalized spacial score (nSPS) is 16.0. The van der Waals surface area contributed by atoms with Crippen molar-refractivity contribution in [2.24, 2.45) is 16.5 Å². The van der Waals surface area contributed by atoms with Crippen LogP contribution in [0, 0.1) is 6.92 Å². The molecule has 4 aromatic heterocycles. The maximum absolute atomic E-state index is 13.4. The molecule has 0 radical (unpaired) electrons. The fourth-order valence-corrected chi connectivity index (χ4v) is 6.52. The molecule has 1 atom stereocenters. The number of benzene rings is 2. The Bertz CT molecular complexity index is 2600. The van der Waals surface area contributed by atoms with Gasteiger partial charge >= 0.3 is 6.18 Å². The Kier molecular flexibility index (Phi) is 8.58. The Labute approximate surface area is 308 Å². The number of nitrogens with two attached hydrogens (primary N) is 2. The number of halogens is 3. The maximum atomic E-state index is 13.4. The van der Waals surface area contributed by atoms with E-state index >= 15 is 0 Å². The Morgan fingerprint density at radius 3 is 2.56 bits per heavy atom. The highest BCUT2D eigenvalue weighted by molar-refractivity contribution is 6.05. The largest absolute Gasteiger partial charge is 0.433 e. The summed E-state index contributed by atoms with van der Waals surface area (Å²) in [5.41, 5.74) is 17.8. The first kappa shape index (κ1) is 34.8. The molecule has 0 saturated carbocycles. The summed E-state index contributed by atoms with van der Waals surface area (Å²) < 4.78 is 41.5. The lowest BCUT2D eigenvalue weighted by atomic mass is 9.96. The smallest absolute Gasteiger partial charge is 0.321 e. The third-order valence-corrected chi connectivity index (χ3v) is 9.25. The van der Waals surface area contributed by atoms with E-state index in [-0.39, 0.29) is 5.95 Å². The van der Waals surface area contributed by atoms with Gasteiger partial charge in [0.2, 0.25) is 0 Å². The van der Waals surface area contributed by atoms with E-state index in [1.54, 1.807) is 12.3 Å². The van der Waals surface area contributed by atoms with Gasteiger partial charge in [0.25, 0.3) is 5.95 Å². The van der Waals surface area contributed by atoms with Crippen LogP contribution in [-0.2, 0) is 6.18 Å². The molecule has 0 saturated heterocycles. The minimum Gasteiger partial charge on any atom is -0.321 e. The number of dihydropyridines is 1. The third kappa shape index (κ3) is 6.72. The summed E-state index contributed by atoms with van der Waals surface area (Å²) in [7, 11) is 0. The molecule has 11 nitrogen and oxygen atoms in total. The monoisotopic (exact) mass is 727 g/mol. The zero-order chi connectivity index (χ0) is 37.8. The molecular weight excluding hydrogens is 692 g/mol. The molecular formula is C40H36F3N11. The lowest BCUT2D eigenvalue weighted by molar-refractivity contribution is -0.141. The molecule has 54 heavy (non-hydrogen) atoms. The lowest BCUT2D eigenvalue weighted by Gasteiger charge is -2.32. The van der Waals surface area contributed by atoms with Crippen molar-refractivity contribution in [3.05, 3.63) is 131 Å². The fraction of sp³-hybridized carbons (Fsp3) is 0.200. The molecule has 4 N–H and O–H groups in total. The average Bonchev–Trinajstić information content (AvgIpc) is 3.75. The molecule has 0 amide bonds. The van der Waals surface area contributed by atoms with E-state index in [1.807, 2.05) is 75.4 Å². The first-order valence-electron chi connectivity index (χ1n) is 17.3. The summed E-state index contributed by atoms with van der Waals surface area (Å²) in [6.45, 7) is 6.22. The van der Waals surface area contributed by atoms with Gasteiger partial charge in [-0.2, -0.15) is 23.0 Å². The summed E-state index contributed by atoms with van der Waals surface area (Å²) >= 11 is 0. The molecule has 2 aliphatic heterocycles. The molecule has 2 aliphatic rings. The predicted octanol–water partition coefficient (Wildman–Crippen LogP) is 5.65. The van der Waals surface area contributed by atoms with Crippen molar-refractivity contribution in [1.82, 2.24) is 34.7 Å². The van der Waals surface area contributed by atoms with Gasteiger partial charge in [0.1, 0.15) is 5.69 Å². The number of hydrogen-bond acceptors (Lipinski definition) is 10. The molecule has 6 aromatic rings. The number of hydrazine groups is 1. The van der Waals surface area contributed by atoms with E-state index < -0.39 is 23.5 Å². The number of nitrogens with zero attached hydrogens (tertiary/aromatic N) is 9. The number of hydrogen-bond donors (Lipinski definition) is 2. The van der Waals surface area contributed by atoms with Crippen LogP contribution < -0.4 is 26.9 Å². The van der Waals surface area contributed by atoms with E-state index in [0.717, 1.165) is 56.9 Å². The molecule has 0 aliphatic carbocycles. The minimum atomic E-state index is -4.62. The second kappa shape index (κ2) is 13.3. The zero-order valence-electron chi connectivity index (χ0n) is 29.7. The standard InChI is InChI=1S/C40H36F3N11/c1-24-7-4-12-37(48-24)54-34-20-26(31-9-6-11-35(50-31)39(2,3)45)14-16-28(34)22-52(54)23-29(44)32-10-5-8-30(49-32)25-13-15-27-21-47-53(33(27)19-25)38-46-18-17-36(51-38)40(41,42)43/h4-8,10-22,29H,9,23,44-45H2,1-3H3. The summed E-state index contributed by atoms with van der Waals surface area (Å²) in [6.07, 6.45) is 4.84. The summed E-state index contributed by atoms with van der Waals surface area (Å²) in [5.74, 6) is 0.557. The molecule has 0 spiro atoms. The van der Waals surface area contributed by atoms with E-state index in [9.17, 15) is 13.2 Å². The first-order valence-corrected chi connectivity index (χ1v) is 17.3. The molecule has 1 unspecified atom stereocenters. The van der Waals surface area contributed by atoms with Gasteiger partial charge in [-0.25, -0.2) is 20.0 Å². The Hall–Kier alpha value is -6.25. The van der Waals surface area contributed by atoms with Crippen LogP contribution in [0.4, 0.5) is 24.7 Å². The molecule has 6 heterocycles. The van der Waals surface area contributed by atoms with Gasteiger partial charge in [-0.05, 0) is 74.5 Å². The third-order valence-electron chi connectivity index (χ3n) is 9.25. The lowest BCUT2D eigenvalue weighted by Crippen LogP contribution is -2.41. The van der Waals surface area contributed by atoms with Gasteiger partial charge in [-0.1, -0.05) is 42.5 Å². The molecule has 14 heteroatoms. The molecule has 0 fully saturated rings. The number of aryl methyl sites for hydroxylation is 1. The van der Waals surface area contributed by atoms with Gasteiger partial charge in [-0.15, -0.1) is 0 Å². The predicted molar refractivity (Wildman–Crippen MR) is 203 cm³/mol. The first-order chi connectivity index (χ1) is 25.8. The summed E-state index contributed by atoms with van der Waals surface area (Å²) in [5, 5.41) is 11.1. The Morgan fingerprint density at radius 1 is 0.926 bits per heavy atom.